The molecular weight excluding hydrogens is 206 g/mol. The predicted octanol–water partition coefficient (Wildman–Crippen LogP) is -0.680. The predicted molar refractivity (Wildman–Crippen MR) is 59.5 cm³/mol. The number of nitrogens with two attached hydrogens (primary N) is 1. The van der Waals surface area contributed by atoms with E-state index in [1.54, 1.807) is 4.90 Å². The Hall–Kier alpha value is -1.10. The number of primary amides is 1. The lowest BCUT2D eigenvalue weighted by atomic mass is 9.83. The van der Waals surface area contributed by atoms with Gasteiger partial charge in [-0.25, -0.2) is 0 Å². The maximum absolute atomic E-state index is 11.9. The summed E-state index contributed by atoms with van der Waals surface area (Å²) in [5.74, 6) is 0.742. The second-order valence-electron chi connectivity index (χ2n) is 4.79. The third kappa shape index (κ3) is 2.52. The van der Waals surface area contributed by atoms with Crippen molar-refractivity contribution in [2.24, 2.45) is 17.6 Å². The highest BCUT2D eigenvalue weighted by molar-refractivity contribution is 5.84. The lowest BCUT2D eigenvalue weighted by molar-refractivity contribution is -0.135. The Bertz CT molecular complexity index is 293. The van der Waals surface area contributed by atoms with E-state index in [1.807, 2.05) is 0 Å². The van der Waals surface area contributed by atoms with E-state index in [-0.39, 0.29) is 12.5 Å². The largest absolute Gasteiger partial charge is 0.368 e. The summed E-state index contributed by atoms with van der Waals surface area (Å²) >= 11 is 0. The van der Waals surface area contributed by atoms with Gasteiger partial charge in [-0.05, 0) is 37.8 Å². The van der Waals surface area contributed by atoms with E-state index >= 15 is 0 Å². The number of nitrogens with zero attached hydrogens (tertiary/aromatic N) is 1. The Kier molecular flexibility index (Phi) is 3.43. The van der Waals surface area contributed by atoms with Gasteiger partial charge in [0.1, 0.15) is 0 Å². The SMILES string of the molecule is NC(=O)CN1CCC2CNCCC2CC1=O. The molecule has 5 nitrogen and oxygen atoms in total. The van der Waals surface area contributed by atoms with Crippen LogP contribution in [-0.4, -0.2) is 42.9 Å². The van der Waals surface area contributed by atoms with Crippen LogP contribution in [0.5, 0.6) is 0 Å². The maximum Gasteiger partial charge on any atom is 0.237 e. The minimum Gasteiger partial charge on any atom is -0.368 e. The van der Waals surface area contributed by atoms with Gasteiger partial charge < -0.3 is 16.0 Å². The lowest BCUT2D eigenvalue weighted by Gasteiger charge is -2.29. The van der Waals surface area contributed by atoms with E-state index < -0.39 is 5.91 Å². The lowest BCUT2D eigenvalue weighted by Crippen LogP contribution is -2.38. The van der Waals surface area contributed by atoms with Gasteiger partial charge >= 0.3 is 0 Å². The molecule has 90 valence electrons. The molecule has 2 aliphatic rings. The molecule has 2 unspecified atom stereocenters. The number of carbonyl (C=O) groups is 2. The number of hydrogen-bond acceptors (Lipinski definition) is 3. The summed E-state index contributed by atoms with van der Waals surface area (Å²) in [6.07, 6.45) is 2.64. The minimum absolute atomic E-state index is 0.0751. The first-order chi connectivity index (χ1) is 7.66. The zero-order chi connectivity index (χ0) is 11.5. The molecule has 0 spiro atoms. The van der Waals surface area contributed by atoms with Crippen molar-refractivity contribution in [2.75, 3.05) is 26.2 Å². The molecular formula is C11H19N3O2. The Morgan fingerprint density at radius 2 is 2.25 bits per heavy atom. The summed E-state index contributed by atoms with van der Waals surface area (Å²) in [6, 6.07) is 0. The van der Waals surface area contributed by atoms with Gasteiger partial charge in [-0.2, -0.15) is 0 Å². The van der Waals surface area contributed by atoms with E-state index in [0.29, 0.717) is 24.8 Å². The molecule has 5 heteroatoms. The molecule has 0 aromatic carbocycles. The van der Waals surface area contributed by atoms with Crippen molar-refractivity contribution in [3.63, 3.8) is 0 Å². The van der Waals surface area contributed by atoms with Crippen LogP contribution in [-0.2, 0) is 9.59 Å². The Labute approximate surface area is 95.3 Å². The van der Waals surface area contributed by atoms with E-state index in [0.717, 1.165) is 25.9 Å². The molecule has 0 saturated carbocycles. The number of rotatable bonds is 2. The number of likely N-dealkylation sites (tertiary alicyclic amines) is 1. The highest BCUT2D eigenvalue weighted by atomic mass is 16.2. The fourth-order valence-electron chi connectivity index (χ4n) is 2.74. The summed E-state index contributed by atoms with van der Waals surface area (Å²) in [6.45, 7) is 2.75. The van der Waals surface area contributed by atoms with Gasteiger partial charge in [-0.15, -0.1) is 0 Å². The maximum atomic E-state index is 11.9. The topological polar surface area (TPSA) is 75.4 Å². The van der Waals surface area contributed by atoms with Crippen molar-refractivity contribution in [1.29, 1.82) is 0 Å². The van der Waals surface area contributed by atoms with Gasteiger partial charge in [0.15, 0.2) is 0 Å². The number of hydrogen-bond donors (Lipinski definition) is 2. The average Bonchev–Trinajstić information content (AvgIpc) is 2.39. The van der Waals surface area contributed by atoms with E-state index in [1.165, 1.54) is 0 Å². The van der Waals surface area contributed by atoms with Crippen LogP contribution in [0.25, 0.3) is 0 Å². The molecule has 0 aliphatic carbocycles. The highest BCUT2D eigenvalue weighted by Gasteiger charge is 2.32. The van der Waals surface area contributed by atoms with Gasteiger partial charge in [-0.1, -0.05) is 0 Å². The monoisotopic (exact) mass is 225 g/mol. The van der Waals surface area contributed by atoms with Gasteiger partial charge in [0.05, 0.1) is 6.54 Å². The molecule has 0 bridgehead atoms. The third-order valence-corrected chi connectivity index (χ3v) is 3.67. The highest BCUT2D eigenvalue weighted by Crippen LogP contribution is 2.29. The van der Waals surface area contributed by atoms with Crippen LogP contribution in [0.3, 0.4) is 0 Å². The molecule has 0 aromatic rings. The van der Waals surface area contributed by atoms with Crippen LogP contribution >= 0.6 is 0 Å². The van der Waals surface area contributed by atoms with Crippen molar-refractivity contribution in [2.45, 2.75) is 19.3 Å². The average molecular weight is 225 g/mol. The van der Waals surface area contributed by atoms with Gasteiger partial charge in [0.2, 0.25) is 11.8 Å². The molecule has 2 heterocycles. The minimum atomic E-state index is -0.420. The summed E-state index contributed by atoms with van der Waals surface area (Å²) in [5.41, 5.74) is 5.14. The molecule has 2 saturated heterocycles. The van der Waals surface area contributed by atoms with Crippen molar-refractivity contribution >= 4 is 11.8 Å². The first-order valence-corrected chi connectivity index (χ1v) is 5.93. The third-order valence-electron chi connectivity index (χ3n) is 3.67. The number of carbonyl (C=O) groups excluding carboxylic acids is 2. The standard InChI is InChI=1S/C11H19N3O2/c12-10(15)7-14-4-2-9-6-13-3-1-8(9)5-11(14)16/h8-9,13H,1-7H2,(H2,12,15). The zero-order valence-electron chi connectivity index (χ0n) is 9.45. The summed E-state index contributed by atoms with van der Waals surface area (Å²) < 4.78 is 0. The zero-order valence-corrected chi connectivity index (χ0v) is 9.45. The summed E-state index contributed by atoms with van der Waals surface area (Å²) in [4.78, 5) is 24.4. The van der Waals surface area contributed by atoms with E-state index in [2.05, 4.69) is 5.32 Å². The normalized spacial score (nSPS) is 30.8. The molecule has 2 amide bonds. The molecule has 0 radical (unpaired) electrons. The Balaban J connectivity index is 2.00. The van der Waals surface area contributed by atoms with Crippen LogP contribution in [0.4, 0.5) is 0 Å². The molecule has 2 rings (SSSR count). The van der Waals surface area contributed by atoms with Crippen LogP contribution in [0.1, 0.15) is 19.3 Å². The first kappa shape index (κ1) is 11.4. The van der Waals surface area contributed by atoms with Gasteiger partial charge in [0, 0.05) is 13.0 Å². The fourth-order valence-corrected chi connectivity index (χ4v) is 2.74. The van der Waals surface area contributed by atoms with Crippen molar-refractivity contribution in [3.8, 4) is 0 Å². The summed E-state index contributed by atoms with van der Waals surface area (Å²) in [7, 11) is 0. The second kappa shape index (κ2) is 4.82. The van der Waals surface area contributed by atoms with Gasteiger partial charge in [0.25, 0.3) is 0 Å². The van der Waals surface area contributed by atoms with Crippen molar-refractivity contribution in [3.05, 3.63) is 0 Å². The molecule has 16 heavy (non-hydrogen) atoms. The van der Waals surface area contributed by atoms with Gasteiger partial charge in [-0.3, -0.25) is 9.59 Å². The molecule has 2 aliphatic heterocycles. The molecule has 3 N–H and O–H groups in total. The Morgan fingerprint density at radius 1 is 1.44 bits per heavy atom. The van der Waals surface area contributed by atoms with E-state index in [4.69, 9.17) is 5.73 Å². The van der Waals surface area contributed by atoms with Crippen molar-refractivity contribution < 1.29 is 9.59 Å². The van der Waals surface area contributed by atoms with Crippen molar-refractivity contribution in [1.82, 2.24) is 10.2 Å². The number of nitrogens with one attached hydrogen (secondary N) is 1. The van der Waals surface area contributed by atoms with Crippen LogP contribution < -0.4 is 11.1 Å². The second-order valence-corrected chi connectivity index (χ2v) is 4.79. The number of amides is 2. The van der Waals surface area contributed by atoms with E-state index in [9.17, 15) is 9.59 Å². The van der Waals surface area contributed by atoms with Crippen LogP contribution in [0.15, 0.2) is 0 Å². The van der Waals surface area contributed by atoms with Crippen LogP contribution in [0, 0.1) is 11.8 Å². The van der Waals surface area contributed by atoms with Crippen LogP contribution in [0.2, 0.25) is 0 Å². The molecule has 2 fully saturated rings. The molecule has 2 atom stereocenters. The fraction of sp³-hybridized carbons (Fsp3) is 0.818. The summed E-state index contributed by atoms with van der Waals surface area (Å²) in [5, 5.41) is 3.36. The Morgan fingerprint density at radius 3 is 3.00 bits per heavy atom. The quantitative estimate of drug-likeness (QED) is 0.654. The smallest absolute Gasteiger partial charge is 0.237 e. The first-order valence-electron chi connectivity index (χ1n) is 5.93. The number of fused-ring (bicyclic) bond motifs is 1. The number of piperidine rings is 1. The molecule has 0 aromatic heterocycles.